The van der Waals surface area contributed by atoms with Gasteiger partial charge in [-0.05, 0) is 61.3 Å². The van der Waals surface area contributed by atoms with Crippen molar-refractivity contribution in [1.29, 1.82) is 0 Å². The number of thiocarbonyl (C=S) groups is 1. The molecule has 2 aromatic rings. The lowest BCUT2D eigenvalue weighted by Gasteiger charge is -2.29. The van der Waals surface area contributed by atoms with Gasteiger partial charge < -0.3 is 15.1 Å². The molecule has 2 aromatic carbocycles. The average molecular weight is 357 g/mol. The maximum absolute atomic E-state index is 13.7. The predicted molar refractivity (Wildman–Crippen MR) is 107 cm³/mol. The van der Waals surface area contributed by atoms with E-state index in [1.807, 2.05) is 11.9 Å². The maximum Gasteiger partial charge on any atom is 0.173 e. The lowest BCUT2D eigenvalue weighted by atomic mass is 10.1. The number of rotatable bonds is 4. The normalized spacial score (nSPS) is 14.2. The molecule has 0 radical (unpaired) electrons. The number of nitrogens with one attached hydrogen (secondary N) is 1. The van der Waals surface area contributed by atoms with Crippen LogP contribution in [0.25, 0.3) is 0 Å². The monoisotopic (exact) mass is 357 g/mol. The van der Waals surface area contributed by atoms with E-state index in [1.54, 1.807) is 18.2 Å². The number of hydrogen-bond donors (Lipinski definition) is 1. The quantitative estimate of drug-likeness (QED) is 0.803. The first-order valence-electron chi connectivity index (χ1n) is 8.74. The second-order valence-electron chi connectivity index (χ2n) is 6.48. The van der Waals surface area contributed by atoms with Gasteiger partial charge in [0, 0.05) is 32.4 Å². The van der Waals surface area contributed by atoms with Gasteiger partial charge in [0.15, 0.2) is 5.11 Å². The fourth-order valence-electron chi connectivity index (χ4n) is 3.08. The van der Waals surface area contributed by atoms with Crippen LogP contribution < -0.4 is 10.2 Å². The molecule has 0 unspecified atom stereocenters. The second kappa shape index (κ2) is 8.30. The molecule has 1 saturated heterocycles. The standard InChI is InChI=1S/C20H24FN3S/c1-23(20(25)22-19-8-4-3-7-18(19)21)15-16-9-11-17(12-10-16)24-13-5-2-6-14-24/h3-4,7-12H,2,5-6,13-15H2,1H3,(H,22,25). The van der Waals surface area contributed by atoms with Crippen LogP contribution in [0.5, 0.6) is 0 Å². The third-order valence-electron chi connectivity index (χ3n) is 4.54. The highest BCUT2D eigenvalue weighted by Crippen LogP contribution is 2.21. The number of anilines is 2. The Kier molecular flexibility index (Phi) is 5.87. The van der Waals surface area contributed by atoms with Gasteiger partial charge in [0.25, 0.3) is 0 Å². The number of hydrogen-bond acceptors (Lipinski definition) is 2. The van der Waals surface area contributed by atoms with Crippen LogP contribution >= 0.6 is 12.2 Å². The summed E-state index contributed by atoms with van der Waals surface area (Å²) in [4.78, 5) is 4.36. The van der Waals surface area contributed by atoms with Crippen molar-refractivity contribution in [2.75, 3.05) is 30.4 Å². The second-order valence-corrected chi connectivity index (χ2v) is 6.87. The van der Waals surface area contributed by atoms with Gasteiger partial charge in [0.05, 0.1) is 5.69 Å². The molecule has 3 nitrogen and oxygen atoms in total. The highest BCUT2D eigenvalue weighted by Gasteiger charge is 2.12. The van der Waals surface area contributed by atoms with E-state index in [0.717, 1.165) is 13.1 Å². The van der Waals surface area contributed by atoms with Gasteiger partial charge in [-0.1, -0.05) is 24.3 Å². The molecule has 1 N–H and O–H groups in total. The minimum Gasteiger partial charge on any atom is -0.372 e. The molecular weight excluding hydrogens is 333 g/mol. The molecule has 0 bridgehead atoms. The van der Waals surface area contributed by atoms with Crippen molar-refractivity contribution < 1.29 is 4.39 Å². The molecule has 1 aliphatic rings. The zero-order chi connectivity index (χ0) is 17.6. The Morgan fingerprint density at radius 3 is 2.44 bits per heavy atom. The van der Waals surface area contributed by atoms with Crippen molar-refractivity contribution in [1.82, 2.24) is 4.90 Å². The van der Waals surface area contributed by atoms with E-state index in [1.165, 1.54) is 36.6 Å². The first kappa shape index (κ1) is 17.7. The van der Waals surface area contributed by atoms with E-state index in [-0.39, 0.29) is 5.82 Å². The Morgan fingerprint density at radius 2 is 1.76 bits per heavy atom. The molecule has 1 heterocycles. The van der Waals surface area contributed by atoms with Crippen LogP contribution in [-0.2, 0) is 6.54 Å². The fraction of sp³-hybridized carbons (Fsp3) is 0.350. The molecule has 0 amide bonds. The lowest BCUT2D eigenvalue weighted by Crippen LogP contribution is -2.31. The van der Waals surface area contributed by atoms with Crippen LogP contribution in [0.4, 0.5) is 15.8 Å². The fourth-order valence-corrected chi connectivity index (χ4v) is 3.26. The van der Waals surface area contributed by atoms with Crippen molar-refractivity contribution in [3.8, 4) is 0 Å². The zero-order valence-electron chi connectivity index (χ0n) is 14.5. The number of piperidine rings is 1. The summed E-state index contributed by atoms with van der Waals surface area (Å²) >= 11 is 5.39. The van der Waals surface area contributed by atoms with Crippen LogP contribution in [0.15, 0.2) is 48.5 Å². The summed E-state index contributed by atoms with van der Waals surface area (Å²) in [6.45, 7) is 2.98. The topological polar surface area (TPSA) is 18.5 Å². The minimum atomic E-state index is -0.302. The van der Waals surface area contributed by atoms with Crippen molar-refractivity contribution in [2.45, 2.75) is 25.8 Å². The molecule has 0 saturated carbocycles. The molecule has 1 fully saturated rings. The Bertz CT molecular complexity index is 711. The lowest BCUT2D eigenvalue weighted by molar-refractivity contribution is 0.508. The van der Waals surface area contributed by atoms with Crippen LogP contribution in [0, 0.1) is 5.82 Å². The van der Waals surface area contributed by atoms with Crippen molar-refractivity contribution in [3.05, 3.63) is 59.9 Å². The number of benzene rings is 2. The number of para-hydroxylation sites is 1. The summed E-state index contributed by atoms with van der Waals surface area (Å²) in [6.07, 6.45) is 3.90. The third kappa shape index (κ3) is 4.69. The smallest absolute Gasteiger partial charge is 0.173 e. The van der Waals surface area contributed by atoms with Crippen molar-refractivity contribution in [2.24, 2.45) is 0 Å². The van der Waals surface area contributed by atoms with Crippen LogP contribution in [0.3, 0.4) is 0 Å². The molecule has 3 rings (SSSR count). The van der Waals surface area contributed by atoms with Crippen molar-refractivity contribution >= 4 is 28.7 Å². The van der Waals surface area contributed by atoms with Gasteiger partial charge in [-0.2, -0.15) is 0 Å². The third-order valence-corrected chi connectivity index (χ3v) is 4.95. The summed E-state index contributed by atoms with van der Waals surface area (Å²) in [7, 11) is 1.91. The largest absolute Gasteiger partial charge is 0.372 e. The summed E-state index contributed by atoms with van der Waals surface area (Å²) in [5, 5.41) is 3.47. The molecule has 132 valence electrons. The first-order chi connectivity index (χ1) is 12.1. The van der Waals surface area contributed by atoms with Crippen LogP contribution in [0.2, 0.25) is 0 Å². The average Bonchev–Trinajstić information content (AvgIpc) is 2.65. The molecule has 25 heavy (non-hydrogen) atoms. The Labute approximate surface area is 154 Å². The highest BCUT2D eigenvalue weighted by molar-refractivity contribution is 7.80. The molecule has 0 aliphatic carbocycles. The Balaban J connectivity index is 1.57. The van der Waals surface area contributed by atoms with E-state index >= 15 is 0 Å². The highest BCUT2D eigenvalue weighted by atomic mass is 32.1. The molecule has 5 heteroatoms. The number of halogens is 1. The Hall–Kier alpha value is -2.14. The van der Waals surface area contributed by atoms with Gasteiger partial charge in [0.1, 0.15) is 5.82 Å². The molecule has 1 aliphatic heterocycles. The van der Waals surface area contributed by atoms with Gasteiger partial charge in [-0.25, -0.2) is 4.39 Å². The summed E-state index contributed by atoms with van der Waals surface area (Å²) < 4.78 is 13.7. The first-order valence-corrected chi connectivity index (χ1v) is 9.15. The SMILES string of the molecule is CN(Cc1ccc(N2CCCCC2)cc1)C(=S)Nc1ccccc1F. The Morgan fingerprint density at radius 1 is 1.08 bits per heavy atom. The zero-order valence-corrected chi connectivity index (χ0v) is 15.4. The van der Waals surface area contributed by atoms with E-state index < -0.39 is 0 Å². The maximum atomic E-state index is 13.7. The molecule has 0 spiro atoms. The molecular formula is C20H24FN3S. The van der Waals surface area contributed by atoms with Gasteiger partial charge >= 0.3 is 0 Å². The summed E-state index contributed by atoms with van der Waals surface area (Å²) in [6, 6.07) is 15.2. The van der Waals surface area contributed by atoms with E-state index in [0.29, 0.717) is 17.3 Å². The van der Waals surface area contributed by atoms with Gasteiger partial charge in [-0.15, -0.1) is 0 Å². The van der Waals surface area contributed by atoms with E-state index in [4.69, 9.17) is 12.2 Å². The van der Waals surface area contributed by atoms with Crippen LogP contribution in [0.1, 0.15) is 24.8 Å². The van der Waals surface area contributed by atoms with Gasteiger partial charge in [0.2, 0.25) is 0 Å². The molecule has 0 aromatic heterocycles. The van der Waals surface area contributed by atoms with Crippen molar-refractivity contribution in [3.63, 3.8) is 0 Å². The predicted octanol–water partition coefficient (Wildman–Crippen LogP) is 4.64. The number of nitrogens with zero attached hydrogens (tertiary/aromatic N) is 2. The summed E-state index contributed by atoms with van der Waals surface area (Å²) in [5.74, 6) is -0.302. The van der Waals surface area contributed by atoms with Gasteiger partial charge in [-0.3, -0.25) is 0 Å². The molecule has 0 atom stereocenters. The van der Waals surface area contributed by atoms with E-state index in [9.17, 15) is 4.39 Å². The van der Waals surface area contributed by atoms with E-state index in [2.05, 4.69) is 34.5 Å². The summed E-state index contributed by atoms with van der Waals surface area (Å²) in [5.41, 5.74) is 2.87. The minimum absolute atomic E-state index is 0.302. The van der Waals surface area contributed by atoms with Crippen LogP contribution in [-0.4, -0.2) is 30.1 Å².